The lowest BCUT2D eigenvalue weighted by Crippen LogP contribution is -2.49. The number of carbonyl (C=O) groups excluding carboxylic acids is 3. The number of carbonyl (C=O) groups is 3. The predicted octanol–water partition coefficient (Wildman–Crippen LogP) is 3.15. The van der Waals surface area contributed by atoms with E-state index in [-0.39, 0.29) is 36.0 Å². The van der Waals surface area contributed by atoms with Gasteiger partial charge in [-0.1, -0.05) is 20.8 Å². The lowest BCUT2D eigenvalue weighted by atomic mass is 9.82. The molecule has 2 N–H and O–H groups in total. The molecule has 0 bridgehead atoms. The Kier molecular flexibility index (Phi) is 8.41. The maximum absolute atomic E-state index is 12.7. The van der Waals surface area contributed by atoms with Crippen LogP contribution in [0.1, 0.15) is 59.1 Å². The second-order valence-electron chi connectivity index (χ2n) is 7.80. The number of esters is 1. The first-order valence-electron chi connectivity index (χ1n) is 10.0. The van der Waals surface area contributed by atoms with Crippen molar-refractivity contribution in [1.29, 1.82) is 0 Å². The molecule has 0 radical (unpaired) electrons. The van der Waals surface area contributed by atoms with Crippen molar-refractivity contribution >= 4 is 34.3 Å². The topological polar surface area (TPSA) is 97.4 Å². The summed E-state index contributed by atoms with van der Waals surface area (Å²) in [5, 5.41) is 7.83. The molecule has 0 aliphatic heterocycles. The zero-order valence-electron chi connectivity index (χ0n) is 17.1. The van der Waals surface area contributed by atoms with Crippen LogP contribution >= 0.6 is 11.3 Å². The third-order valence-electron chi connectivity index (χ3n) is 5.05. The van der Waals surface area contributed by atoms with E-state index in [2.05, 4.69) is 22.5 Å². The molecule has 0 aromatic carbocycles. The van der Waals surface area contributed by atoms with Gasteiger partial charge >= 0.3 is 5.97 Å². The molecule has 1 atom stereocenters. The van der Waals surface area contributed by atoms with E-state index >= 15 is 0 Å². The molecule has 1 fully saturated rings. The van der Waals surface area contributed by atoms with Crippen molar-refractivity contribution < 1.29 is 19.1 Å². The van der Waals surface area contributed by atoms with Gasteiger partial charge in [0.1, 0.15) is 6.04 Å². The van der Waals surface area contributed by atoms with Crippen molar-refractivity contribution in [1.82, 2.24) is 10.3 Å². The van der Waals surface area contributed by atoms with Gasteiger partial charge in [-0.25, -0.2) is 4.98 Å². The van der Waals surface area contributed by atoms with Gasteiger partial charge in [-0.15, -0.1) is 11.3 Å². The van der Waals surface area contributed by atoms with Gasteiger partial charge < -0.3 is 15.4 Å². The second-order valence-corrected chi connectivity index (χ2v) is 8.66. The molecule has 1 aliphatic carbocycles. The fourth-order valence-corrected chi connectivity index (χ4v) is 4.03. The number of nitrogens with zero attached hydrogens (tertiary/aromatic N) is 1. The van der Waals surface area contributed by atoms with Gasteiger partial charge in [0.25, 0.3) is 0 Å². The van der Waals surface area contributed by atoms with Crippen LogP contribution in [0.15, 0.2) is 5.38 Å². The molecule has 0 saturated heterocycles. The molecule has 1 aromatic rings. The number of anilines is 1. The van der Waals surface area contributed by atoms with Crippen molar-refractivity contribution in [2.75, 3.05) is 11.9 Å². The highest BCUT2D eigenvalue weighted by Crippen LogP contribution is 2.28. The summed E-state index contributed by atoms with van der Waals surface area (Å²) in [7, 11) is 0. The predicted molar refractivity (Wildman–Crippen MR) is 109 cm³/mol. The fourth-order valence-electron chi connectivity index (χ4n) is 3.32. The minimum Gasteiger partial charge on any atom is -0.466 e. The van der Waals surface area contributed by atoms with Crippen molar-refractivity contribution in [3.63, 3.8) is 0 Å². The Balaban J connectivity index is 1.93. The largest absolute Gasteiger partial charge is 0.466 e. The summed E-state index contributed by atoms with van der Waals surface area (Å²) in [6, 6.07) is -0.621. The lowest BCUT2D eigenvalue weighted by molar-refractivity contribution is -0.142. The summed E-state index contributed by atoms with van der Waals surface area (Å²) < 4.78 is 4.90. The van der Waals surface area contributed by atoms with E-state index in [0.29, 0.717) is 23.4 Å². The lowest BCUT2D eigenvalue weighted by Gasteiger charge is -2.28. The average Bonchev–Trinajstić information content (AvgIpc) is 3.06. The maximum atomic E-state index is 12.7. The molecule has 8 heteroatoms. The quantitative estimate of drug-likeness (QED) is 0.643. The summed E-state index contributed by atoms with van der Waals surface area (Å²) in [6.45, 7) is 8.09. The Morgan fingerprint density at radius 1 is 1.25 bits per heavy atom. The molecule has 156 valence electrons. The Hall–Kier alpha value is -1.96. The normalized spacial score (nSPS) is 20.5. The average molecular weight is 410 g/mol. The van der Waals surface area contributed by atoms with E-state index < -0.39 is 6.04 Å². The van der Waals surface area contributed by atoms with Crippen LogP contribution in [0.25, 0.3) is 0 Å². The first-order valence-corrected chi connectivity index (χ1v) is 10.9. The molecular formula is C20H31N3O4S. The number of hydrogen-bond acceptors (Lipinski definition) is 6. The van der Waals surface area contributed by atoms with Crippen LogP contribution in [0.2, 0.25) is 0 Å². The van der Waals surface area contributed by atoms with E-state index in [9.17, 15) is 14.4 Å². The Labute approximate surface area is 170 Å². The molecule has 2 amide bonds. The van der Waals surface area contributed by atoms with Gasteiger partial charge in [-0.3, -0.25) is 14.4 Å². The molecule has 0 spiro atoms. The number of thiazole rings is 1. The first kappa shape index (κ1) is 22.3. The van der Waals surface area contributed by atoms with Gasteiger partial charge in [-0.05, 0) is 44.4 Å². The molecule has 1 aromatic heterocycles. The Morgan fingerprint density at radius 3 is 2.54 bits per heavy atom. The van der Waals surface area contributed by atoms with E-state index in [0.717, 1.165) is 25.7 Å². The van der Waals surface area contributed by atoms with Gasteiger partial charge in [0.05, 0.1) is 18.7 Å². The molecule has 1 heterocycles. The highest BCUT2D eigenvalue weighted by Gasteiger charge is 2.30. The van der Waals surface area contributed by atoms with E-state index in [1.165, 1.54) is 11.3 Å². The summed E-state index contributed by atoms with van der Waals surface area (Å²) in [4.78, 5) is 41.1. The van der Waals surface area contributed by atoms with Crippen molar-refractivity contribution in [3.05, 3.63) is 11.1 Å². The molecule has 1 saturated carbocycles. The number of amides is 2. The molecule has 7 nitrogen and oxygen atoms in total. The SMILES string of the molecule is CCOC(=O)Cc1csc(NC(=O)[C@H](NC(=O)C2CCC(C)CC2)C(C)C)n1. The van der Waals surface area contributed by atoms with Crippen molar-refractivity contribution in [2.45, 2.75) is 65.8 Å². The number of hydrogen-bond donors (Lipinski definition) is 2. The van der Waals surface area contributed by atoms with Crippen LogP contribution < -0.4 is 10.6 Å². The summed E-state index contributed by atoms with van der Waals surface area (Å²) in [5.74, 6) is -0.0686. The van der Waals surface area contributed by atoms with Gasteiger partial charge in [0, 0.05) is 11.3 Å². The summed E-state index contributed by atoms with van der Waals surface area (Å²) in [6.07, 6.45) is 3.94. The summed E-state index contributed by atoms with van der Waals surface area (Å²) >= 11 is 1.25. The molecule has 28 heavy (non-hydrogen) atoms. The van der Waals surface area contributed by atoms with Crippen LogP contribution in [0.3, 0.4) is 0 Å². The van der Waals surface area contributed by atoms with Gasteiger partial charge in [0.15, 0.2) is 5.13 Å². The summed E-state index contributed by atoms with van der Waals surface area (Å²) in [5.41, 5.74) is 0.556. The van der Waals surface area contributed by atoms with Gasteiger partial charge in [-0.2, -0.15) is 0 Å². The fraction of sp³-hybridized carbons (Fsp3) is 0.700. The van der Waals surface area contributed by atoms with Crippen LogP contribution in [-0.4, -0.2) is 35.4 Å². The number of aromatic nitrogens is 1. The Morgan fingerprint density at radius 2 is 1.93 bits per heavy atom. The van der Waals surface area contributed by atoms with Crippen LogP contribution in [0.5, 0.6) is 0 Å². The number of ether oxygens (including phenoxy) is 1. The Bertz CT molecular complexity index is 681. The first-order chi connectivity index (χ1) is 13.3. The number of nitrogens with one attached hydrogen (secondary N) is 2. The molecular weight excluding hydrogens is 378 g/mol. The maximum Gasteiger partial charge on any atom is 0.311 e. The minimum absolute atomic E-state index is 0.0127. The van der Waals surface area contributed by atoms with Crippen LogP contribution in [-0.2, 0) is 25.5 Å². The third kappa shape index (κ3) is 6.58. The minimum atomic E-state index is -0.621. The zero-order valence-corrected chi connectivity index (χ0v) is 17.9. The van der Waals surface area contributed by atoms with E-state index in [1.807, 2.05) is 13.8 Å². The van der Waals surface area contributed by atoms with Gasteiger partial charge in [0.2, 0.25) is 11.8 Å². The second kappa shape index (κ2) is 10.5. The molecule has 2 rings (SSSR count). The van der Waals surface area contributed by atoms with E-state index in [1.54, 1.807) is 12.3 Å². The van der Waals surface area contributed by atoms with Crippen molar-refractivity contribution in [3.8, 4) is 0 Å². The monoisotopic (exact) mass is 409 g/mol. The molecule has 0 unspecified atom stereocenters. The highest BCUT2D eigenvalue weighted by atomic mass is 32.1. The number of rotatable bonds is 8. The van der Waals surface area contributed by atoms with E-state index in [4.69, 9.17) is 4.74 Å². The smallest absolute Gasteiger partial charge is 0.311 e. The van der Waals surface area contributed by atoms with Crippen LogP contribution in [0.4, 0.5) is 5.13 Å². The highest BCUT2D eigenvalue weighted by molar-refractivity contribution is 7.13. The third-order valence-corrected chi connectivity index (χ3v) is 5.85. The standard InChI is InChI=1S/C20H31N3O4S/c1-5-27-16(24)10-15-11-28-20(21-15)23-19(26)17(12(2)3)22-18(25)14-8-6-13(4)7-9-14/h11-14,17H,5-10H2,1-4H3,(H,22,25)(H,21,23,26)/t13?,14?,17-/m1/s1. The zero-order chi connectivity index (χ0) is 20.7. The molecule has 1 aliphatic rings. The van der Waals surface area contributed by atoms with Crippen LogP contribution in [0, 0.1) is 17.8 Å². The van der Waals surface area contributed by atoms with Crippen molar-refractivity contribution in [2.24, 2.45) is 17.8 Å².